The van der Waals surface area contributed by atoms with Crippen molar-refractivity contribution in [3.8, 4) is 25.2 Å². The number of H-pyrrole nitrogens is 1. The minimum Gasteiger partial charge on any atom is -0.394 e. The fourth-order valence-corrected chi connectivity index (χ4v) is 2.50. The van der Waals surface area contributed by atoms with E-state index in [1.165, 1.54) is 6.33 Å². The Morgan fingerprint density at radius 1 is 1.42 bits per heavy atom. The average molecular weight is 357 g/mol. The minimum atomic E-state index is -0.555. The zero-order valence-corrected chi connectivity index (χ0v) is 15.1. The van der Waals surface area contributed by atoms with Gasteiger partial charge in [0, 0.05) is 18.5 Å². The van der Waals surface area contributed by atoms with Gasteiger partial charge in [-0.1, -0.05) is 13.8 Å². The lowest BCUT2D eigenvalue weighted by molar-refractivity contribution is -0.0605. The second kappa shape index (κ2) is 9.57. The maximum Gasteiger partial charge on any atom is 0.260 e. The molecule has 0 unspecified atom stereocenters. The molecule has 2 heterocycles. The van der Waals surface area contributed by atoms with Gasteiger partial charge in [-0.25, -0.2) is 4.98 Å². The number of carbonyl (C=O) groups excluding carboxylic acids is 1. The Morgan fingerprint density at radius 2 is 2.08 bits per heavy atom. The molecule has 2 N–H and O–H groups in total. The lowest BCUT2D eigenvalue weighted by Crippen LogP contribution is -2.22. The highest BCUT2D eigenvalue weighted by molar-refractivity contribution is 6.07. The Kier molecular flexibility index (Phi) is 7.79. The number of carbonyl (C=O) groups is 1. The summed E-state index contributed by atoms with van der Waals surface area (Å²) < 4.78 is 7.35. The van der Waals surface area contributed by atoms with Gasteiger partial charge in [-0.3, -0.25) is 9.59 Å². The number of hydrogen-bond acceptors (Lipinski definition) is 5. The molecule has 0 fully saturated rings. The second-order valence-electron chi connectivity index (χ2n) is 5.85. The van der Waals surface area contributed by atoms with E-state index in [-0.39, 0.29) is 35.7 Å². The van der Waals surface area contributed by atoms with Crippen molar-refractivity contribution in [2.75, 3.05) is 6.61 Å². The van der Waals surface area contributed by atoms with Gasteiger partial charge in [0.2, 0.25) is 0 Å². The van der Waals surface area contributed by atoms with Crippen molar-refractivity contribution >= 4 is 16.8 Å². The average Bonchev–Trinajstić information content (AvgIpc) is 3.03. The highest BCUT2D eigenvalue weighted by Crippen LogP contribution is 2.24. The van der Waals surface area contributed by atoms with Crippen LogP contribution in [0.4, 0.5) is 0 Å². The van der Waals surface area contributed by atoms with Crippen LogP contribution in [0, 0.1) is 31.1 Å². The lowest BCUT2D eigenvalue weighted by atomic mass is 10.0. The Balaban J connectivity index is 0.00000163. The second-order valence-corrected chi connectivity index (χ2v) is 5.85. The van der Waals surface area contributed by atoms with Crippen LogP contribution in [0.5, 0.6) is 0 Å². The maximum absolute atomic E-state index is 12.4. The van der Waals surface area contributed by atoms with Crippen LogP contribution in [0.25, 0.3) is 11.0 Å². The van der Waals surface area contributed by atoms with Crippen molar-refractivity contribution in [1.82, 2.24) is 14.5 Å². The molecule has 0 aliphatic carbocycles. The van der Waals surface area contributed by atoms with Crippen molar-refractivity contribution in [3.63, 3.8) is 0 Å². The lowest BCUT2D eigenvalue weighted by Gasteiger charge is -2.21. The number of nitrogens with one attached hydrogen (secondary N) is 1. The van der Waals surface area contributed by atoms with Crippen LogP contribution in [0.15, 0.2) is 17.3 Å². The maximum atomic E-state index is 12.4. The quantitative estimate of drug-likeness (QED) is 0.581. The first-order chi connectivity index (χ1) is 12.4. The van der Waals surface area contributed by atoms with Crippen LogP contribution in [-0.4, -0.2) is 38.1 Å². The minimum absolute atomic E-state index is 0.146. The summed E-state index contributed by atoms with van der Waals surface area (Å²) in [5.41, 5.74) is 0.284. The number of aliphatic hydroxyl groups excluding tert-OH is 1. The van der Waals surface area contributed by atoms with Gasteiger partial charge >= 0.3 is 0 Å². The number of aromatic nitrogens is 3. The summed E-state index contributed by atoms with van der Waals surface area (Å²) >= 11 is 0. The first-order valence-electron chi connectivity index (χ1n) is 8.06. The fraction of sp³-hybridized carbons (Fsp3) is 0.421. The van der Waals surface area contributed by atoms with Crippen LogP contribution < -0.4 is 5.56 Å². The predicted molar refractivity (Wildman–Crippen MR) is 99.5 cm³/mol. The van der Waals surface area contributed by atoms with Crippen molar-refractivity contribution in [2.45, 2.75) is 39.5 Å². The van der Waals surface area contributed by atoms with E-state index in [2.05, 4.69) is 28.7 Å². The van der Waals surface area contributed by atoms with E-state index < -0.39 is 12.3 Å². The molecule has 2 rings (SSSR count). The summed E-state index contributed by atoms with van der Waals surface area (Å²) in [6, 6.07) is 0. The molecule has 7 heteroatoms. The molecule has 2 atom stereocenters. The summed E-state index contributed by atoms with van der Waals surface area (Å²) in [7, 11) is 0. The smallest absolute Gasteiger partial charge is 0.260 e. The fourth-order valence-electron chi connectivity index (χ4n) is 2.50. The predicted octanol–water partition coefficient (Wildman–Crippen LogP) is 1.73. The number of terminal acetylenes is 2. The van der Waals surface area contributed by atoms with E-state index in [4.69, 9.17) is 11.2 Å². The molecule has 0 bridgehead atoms. The van der Waals surface area contributed by atoms with Gasteiger partial charge in [-0.15, -0.1) is 25.2 Å². The van der Waals surface area contributed by atoms with Crippen LogP contribution in [0.1, 0.15) is 43.8 Å². The van der Waals surface area contributed by atoms with Gasteiger partial charge in [0.05, 0.1) is 30.0 Å². The number of nitrogens with zero attached hydrogens (tertiary/aromatic N) is 2. The topological polar surface area (TPSA) is 97.2 Å². The number of hydrogen-bond donors (Lipinski definition) is 2. The Labute approximate surface area is 152 Å². The number of rotatable bonds is 7. The molecule has 26 heavy (non-hydrogen) atoms. The molecule has 0 aromatic carbocycles. The summed E-state index contributed by atoms with van der Waals surface area (Å²) in [4.78, 5) is 31.3. The molecule has 2 aromatic heterocycles. The molecule has 0 aliphatic rings. The van der Waals surface area contributed by atoms with Crippen LogP contribution in [0.2, 0.25) is 0 Å². The first-order valence-corrected chi connectivity index (χ1v) is 8.06. The normalized spacial score (nSPS) is 12.8. The third kappa shape index (κ3) is 4.40. The van der Waals surface area contributed by atoms with Crippen molar-refractivity contribution in [3.05, 3.63) is 28.4 Å². The number of ketones is 1. The zero-order chi connectivity index (χ0) is 19.9. The molecule has 2 aromatic rings. The molecule has 0 amide bonds. The van der Waals surface area contributed by atoms with Gasteiger partial charge < -0.3 is 19.4 Å². The third-order valence-corrected chi connectivity index (χ3v) is 3.74. The van der Waals surface area contributed by atoms with Gasteiger partial charge in [0.25, 0.3) is 5.56 Å². The number of Topliss-reactive ketones (excluding diaryl/α,β-unsaturated/α-hetero) is 1. The van der Waals surface area contributed by atoms with Gasteiger partial charge in [0.15, 0.2) is 5.78 Å². The summed E-state index contributed by atoms with van der Waals surface area (Å²) in [6.45, 7) is 5.06. The first kappa shape index (κ1) is 21.2. The van der Waals surface area contributed by atoms with Crippen molar-refractivity contribution < 1.29 is 14.6 Å². The highest BCUT2D eigenvalue weighted by atomic mass is 16.5. The molecule has 0 aliphatic heterocycles. The van der Waals surface area contributed by atoms with Gasteiger partial charge in [-0.2, -0.15) is 0 Å². The third-order valence-electron chi connectivity index (χ3n) is 3.74. The molecule has 7 nitrogen and oxygen atoms in total. The molecule has 0 saturated heterocycles. The summed E-state index contributed by atoms with van der Waals surface area (Å²) in [5, 5.41) is 9.56. The highest BCUT2D eigenvalue weighted by Gasteiger charge is 2.24. The number of aliphatic hydroxyl groups is 1. The Hall–Kier alpha value is -2.87. The zero-order valence-electron chi connectivity index (χ0n) is 15.1. The number of fused-ring (bicyclic) bond motifs is 1. The standard InChI is InChI=1S/C17H21N3O4.C2H2/c1-5-6-12(8-21)24-11(4)20-7-13(15(22)10(2)3)14-16(20)18-9-19-17(14)23;1-2/h1,7,9-12,21H,6,8H2,2-4H3,(H,18,19,23);1-2H/t11-,12+;/m1./s1. The molecule has 138 valence electrons. The van der Waals surface area contributed by atoms with Gasteiger partial charge in [0.1, 0.15) is 11.9 Å². The summed E-state index contributed by atoms with van der Waals surface area (Å²) in [5.74, 6) is 2.04. The monoisotopic (exact) mass is 357 g/mol. The van der Waals surface area contributed by atoms with Crippen LogP contribution in [0.3, 0.4) is 0 Å². The largest absolute Gasteiger partial charge is 0.394 e. The molecular formula is C19H23N3O4. The van der Waals surface area contributed by atoms with Crippen molar-refractivity contribution in [1.29, 1.82) is 0 Å². The van der Waals surface area contributed by atoms with E-state index in [1.54, 1.807) is 31.5 Å². The van der Waals surface area contributed by atoms with Crippen molar-refractivity contribution in [2.24, 2.45) is 5.92 Å². The number of aromatic amines is 1. The van der Waals surface area contributed by atoms with Gasteiger partial charge in [-0.05, 0) is 6.92 Å². The van der Waals surface area contributed by atoms with Crippen LogP contribution >= 0.6 is 0 Å². The van der Waals surface area contributed by atoms with E-state index in [1.807, 2.05) is 0 Å². The van der Waals surface area contributed by atoms with E-state index in [0.29, 0.717) is 11.2 Å². The van der Waals surface area contributed by atoms with E-state index >= 15 is 0 Å². The SMILES string of the molecule is C#C.C#CC[C@@H](CO)O[C@H](C)n1cc(C(=O)C(C)C)c2c(=O)[nH]cnc21. The van der Waals surface area contributed by atoms with E-state index in [0.717, 1.165) is 0 Å². The molecule has 0 spiro atoms. The Morgan fingerprint density at radius 3 is 2.62 bits per heavy atom. The molecular weight excluding hydrogens is 334 g/mol. The summed E-state index contributed by atoms with van der Waals surface area (Å²) in [6.07, 6.45) is 15.3. The Bertz CT molecular complexity index is 870. The molecule has 0 radical (unpaired) electrons. The molecule has 0 saturated carbocycles. The van der Waals surface area contributed by atoms with Crippen LogP contribution in [-0.2, 0) is 4.74 Å². The number of ether oxygens (including phenoxy) is 1. The van der Waals surface area contributed by atoms with E-state index in [9.17, 15) is 14.7 Å².